The maximum Gasteiger partial charge on any atom is 0.244 e. The first-order valence-electron chi connectivity index (χ1n) is 3.62. The zero-order valence-electron chi connectivity index (χ0n) is 6.73. The van der Waals surface area contributed by atoms with Crippen molar-refractivity contribution in [2.45, 2.75) is 26.7 Å². The summed E-state index contributed by atoms with van der Waals surface area (Å²) in [7, 11) is 0. The number of carbonyl (C=O) groups excluding carboxylic acids is 2. The molecule has 2 N–H and O–H groups in total. The molecule has 11 heavy (non-hydrogen) atoms. The first-order valence-corrected chi connectivity index (χ1v) is 3.62. The maximum atomic E-state index is 11.1. The van der Waals surface area contributed by atoms with Gasteiger partial charge in [0.25, 0.3) is 0 Å². The van der Waals surface area contributed by atoms with Crippen LogP contribution in [-0.4, -0.2) is 11.8 Å². The number of hydrogen-bond donors (Lipinski definition) is 2. The number of amides is 2. The van der Waals surface area contributed by atoms with Crippen LogP contribution in [0.4, 0.5) is 0 Å². The highest BCUT2D eigenvalue weighted by molar-refractivity contribution is 5.86. The third kappa shape index (κ3) is 1.93. The summed E-state index contributed by atoms with van der Waals surface area (Å²) in [6, 6.07) is 0. The summed E-state index contributed by atoms with van der Waals surface area (Å²) in [5.74, 6) is -0.338. The average Bonchev–Trinajstić information content (AvgIpc) is 2.64. The van der Waals surface area contributed by atoms with Gasteiger partial charge in [-0.1, -0.05) is 6.92 Å². The van der Waals surface area contributed by atoms with Crippen molar-refractivity contribution in [1.29, 1.82) is 0 Å². The zero-order valence-corrected chi connectivity index (χ0v) is 6.73. The molecule has 4 nitrogen and oxygen atoms in total. The molecule has 0 aromatic heterocycles. The van der Waals surface area contributed by atoms with Crippen LogP contribution in [0.2, 0.25) is 0 Å². The third-order valence-electron chi connectivity index (χ3n) is 1.90. The van der Waals surface area contributed by atoms with E-state index < -0.39 is 0 Å². The zero-order chi connectivity index (χ0) is 8.48. The van der Waals surface area contributed by atoms with Crippen LogP contribution >= 0.6 is 0 Å². The molecule has 0 aromatic rings. The minimum absolute atomic E-state index is 0.0901. The minimum Gasteiger partial charge on any atom is -0.274 e. The van der Waals surface area contributed by atoms with E-state index in [2.05, 4.69) is 10.9 Å². The molecule has 2 amide bonds. The smallest absolute Gasteiger partial charge is 0.244 e. The fourth-order valence-corrected chi connectivity index (χ4v) is 0.710. The van der Waals surface area contributed by atoms with Crippen LogP contribution in [0.15, 0.2) is 0 Å². The van der Waals surface area contributed by atoms with E-state index in [1.807, 2.05) is 6.92 Å². The van der Waals surface area contributed by atoms with E-state index in [9.17, 15) is 9.59 Å². The van der Waals surface area contributed by atoms with Gasteiger partial charge in [0.15, 0.2) is 0 Å². The number of hydrogen-bond acceptors (Lipinski definition) is 2. The van der Waals surface area contributed by atoms with Gasteiger partial charge in [-0.2, -0.15) is 0 Å². The molecule has 0 saturated heterocycles. The molecule has 62 valence electrons. The Balaban J connectivity index is 2.27. The molecule has 1 aliphatic rings. The fourth-order valence-electron chi connectivity index (χ4n) is 0.710. The Hall–Kier alpha value is -1.06. The third-order valence-corrected chi connectivity index (χ3v) is 1.90. The van der Waals surface area contributed by atoms with Crippen LogP contribution in [0.5, 0.6) is 0 Å². The molecule has 0 atom stereocenters. The van der Waals surface area contributed by atoms with Crippen molar-refractivity contribution in [3.8, 4) is 0 Å². The Morgan fingerprint density at radius 3 is 2.18 bits per heavy atom. The van der Waals surface area contributed by atoms with Crippen LogP contribution in [-0.2, 0) is 9.59 Å². The van der Waals surface area contributed by atoms with E-state index in [-0.39, 0.29) is 17.2 Å². The Morgan fingerprint density at radius 1 is 1.27 bits per heavy atom. The van der Waals surface area contributed by atoms with E-state index in [0.717, 1.165) is 12.8 Å². The molecule has 0 aliphatic heterocycles. The second-order valence-corrected chi connectivity index (χ2v) is 3.20. The number of hydrazine groups is 1. The normalized spacial score (nSPS) is 18.7. The Labute approximate surface area is 65.3 Å². The molecule has 1 fully saturated rings. The van der Waals surface area contributed by atoms with Crippen LogP contribution in [0.1, 0.15) is 26.7 Å². The van der Waals surface area contributed by atoms with Gasteiger partial charge >= 0.3 is 0 Å². The number of nitrogens with one attached hydrogen (secondary N) is 2. The summed E-state index contributed by atoms with van der Waals surface area (Å²) in [4.78, 5) is 21.5. The summed E-state index contributed by atoms with van der Waals surface area (Å²) in [6.07, 6.45) is 1.83. The van der Waals surface area contributed by atoms with Gasteiger partial charge in [-0.25, -0.2) is 0 Å². The maximum absolute atomic E-state index is 11.1. The molecular weight excluding hydrogens is 144 g/mol. The van der Waals surface area contributed by atoms with Crippen molar-refractivity contribution in [1.82, 2.24) is 10.9 Å². The lowest BCUT2D eigenvalue weighted by Gasteiger charge is -2.08. The summed E-state index contributed by atoms with van der Waals surface area (Å²) < 4.78 is 0. The highest BCUT2D eigenvalue weighted by atomic mass is 16.2. The molecule has 1 aliphatic carbocycles. The number of rotatable bonds is 1. The van der Waals surface area contributed by atoms with Crippen molar-refractivity contribution >= 4 is 11.8 Å². The van der Waals surface area contributed by atoms with Gasteiger partial charge in [0.2, 0.25) is 11.8 Å². The van der Waals surface area contributed by atoms with Crippen LogP contribution in [0.3, 0.4) is 0 Å². The van der Waals surface area contributed by atoms with Crippen LogP contribution in [0.25, 0.3) is 0 Å². The summed E-state index contributed by atoms with van der Waals surface area (Å²) >= 11 is 0. The van der Waals surface area contributed by atoms with Crippen molar-refractivity contribution < 1.29 is 9.59 Å². The lowest BCUT2D eigenvalue weighted by atomic mass is 10.1. The first kappa shape index (κ1) is 8.04. The van der Waals surface area contributed by atoms with Crippen LogP contribution in [0, 0.1) is 5.41 Å². The minimum atomic E-state index is -0.248. The first-order chi connectivity index (χ1) is 5.04. The molecule has 0 radical (unpaired) electrons. The lowest BCUT2D eigenvalue weighted by molar-refractivity contribution is -0.130. The molecule has 0 heterocycles. The van der Waals surface area contributed by atoms with Gasteiger partial charge in [-0.15, -0.1) is 0 Å². The highest BCUT2D eigenvalue weighted by Crippen LogP contribution is 2.44. The molecule has 4 heteroatoms. The molecule has 0 bridgehead atoms. The second-order valence-electron chi connectivity index (χ2n) is 3.20. The van der Waals surface area contributed by atoms with Crippen molar-refractivity contribution in [2.24, 2.45) is 5.41 Å². The van der Waals surface area contributed by atoms with Gasteiger partial charge in [-0.05, 0) is 12.8 Å². The lowest BCUT2D eigenvalue weighted by Crippen LogP contribution is -2.43. The second kappa shape index (κ2) is 2.53. The van der Waals surface area contributed by atoms with E-state index in [1.54, 1.807) is 0 Å². The average molecular weight is 156 g/mol. The predicted octanol–water partition coefficient (Wildman–Crippen LogP) is -0.0462. The van der Waals surface area contributed by atoms with Gasteiger partial charge in [0, 0.05) is 12.3 Å². The molecule has 1 rings (SSSR count). The topological polar surface area (TPSA) is 58.2 Å². The van der Waals surface area contributed by atoms with Gasteiger partial charge in [0.1, 0.15) is 0 Å². The molecular formula is C7H12N2O2. The molecule has 0 unspecified atom stereocenters. The summed E-state index contributed by atoms with van der Waals surface area (Å²) in [6.45, 7) is 3.24. The molecule has 1 saturated carbocycles. The SMILES string of the molecule is CC(=O)NNC(=O)C1(C)CC1. The van der Waals surface area contributed by atoms with E-state index in [1.165, 1.54) is 6.92 Å². The van der Waals surface area contributed by atoms with Gasteiger partial charge < -0.3 is 0 Å². The number of carbonyl (C=O) groups is 2. The largest absolute Gasteiger partial charge is 0.274 e. The van der Waals surface area contributed by atoms with Crippen molar-refractivity contribution in [2.75, 3.05) is 0 Å². The Morgan fingerprint density at radius 2 is 1.82 bits per heavy atom. The summed E-state index contributed by atoms with van der Waals surface area (Å²) in [5, 5.41) is 0. The monoisotopic (exact) mass is 156 g/mol. The molecule has 0 aromatic carbocycles. The van der Waals surface area contributed by atoms with Crippen molar-refractivity contribution in [3.63, 3.8) is 0 Å². The standard InChI is InChI=1S/C7H12N2O2/c1-5(10)8-9-6(11)7(2)3-4-7/h3-4H2,1-2H3,(H,8,10)(H,9,11). The van der Waals surface area contributed by atoms with E-state index in [0.29, 0.717) is 0 Å². The van der Waals surface area contributed by atoms with E-state index in [4.69, 9.17) is 0 Å². The Bertz CT molecular complexity index is 197. The van der Waals surface area contributed by atoms with Gasteiger partial charge in [-0.3, -0.25) is 20.4 Å². The quantitative estimate of drug-likeness (QED) is 0.523. The summed E-state index contributed by atoms with van der Waals surface area (Å²) in [5.41, 5.74) is 4.38. The van der Waals surface area contributed by atoms with Crippen molar-refractivity contribution in [3.05, 3.63) is 0 Å². The Kier molecular flexibility index (Phi) is 1.85. The van der Waals surface area contributed by atoms with E-state index >= 15 is 0 Å². The fraction of sp³-hybridized carbons (Fsp3) is 0.714. The predicted molar refractivity (Wildman–Crippen MR) is 39.3 cm³/mol. The molecule has 0 spiro atoms. The van der Waals surface area contributed by atoms with Crippen LogP contribution < -0.4 is 10.9 Å². The van der Waals surface area contributed by atoms with Gasteiger partial charge in [0.05, 0.1) is 0 Å². The highest BCUT2D eigenvalue weighted by Gasteiger charge is 2.44.